The maximum atomic E-state index is 12.9. The molecule has 0 aliphatic heterocycles. The number of hydrogen-bond donors (Lipinski definition) is 0. The lowest BCUT2D eigenvalue weighted by Crippen LogP contribution is -2.37. The molecule has 0 fully saturated rings. The Kier molecular flexibility index (Phi) is 4.67. The quantitative estimate of drug-likeness (QED) is 0.404. The number of hydrogen-bond acceptors (Lipinski definition) is 9. The largest absolute Gasteiger partial charge is 0.495 e. The highest BCUT2D eigenvalue weighted by atomic mass is 16.7. The van der Waals surface area contributed by atoms with E-state index in [1.54, 1.807) is 38.0 Å². The minimum Gasteiger partial charge on any atom is -0.495 e. The van der Waals surface area contributed by atoms with Crippen LogP contribution < -0.4 is 0 Å². The van der Waals surface area contributed by atoms with E-state index in [4.69, 9.17) is 28.9 Å². The number of pyridine rings is 4. The molecule has 0 atom stereocenters. The lowest BCUT2D eigenvalue weighted by atomic mass is 9.90. The number of aromatic nitrogens is 4. The molecule has 6 rings (SSSR count). The molecule has 0 unspecified atom stereocenters. The van der Waals surface area contributed by atoms with E-state index in [1.165, 1.54) is 21.3 Å². The first kappa shape index (κ1) is 21.3. The summed E-state index contributed by atoms with van der Waals surface area (Å²) in [6.07, 6.45) is 10.3. The summed E-state index contributed by atoms with van der Waals surface area (Å²) >= 11 is 0. The van der Waals surface area contributed by atoms with Crippen molar-refractivity contribution in [3.05, 3.63) is 71.0 Å². The lowest BCUT2D eigenvalue weighted by Gasteiger charge is -2.35. The molecular weight excluding hydrogens is 448 g/mol. The second-order valence-electron chi connectivity index (χ2n) is 8.07. The van der Waals surface area contributed by atoms with Crippen LogP contribution in [0.3, 0.4) is 0 Å². The van der Waals surface area contributed by atoms with E-state index in [1.807, 2.05) is 18.2 Å². The molecule has 0 aromatic carbocycles. The monoisotopic (exact) mass is 468 g/mol. The summed E-state index contributed by atoms with van der Waals surface area (Å²) in [4.78, 5) is 31.5. The minimum absolute atomic E-state index is 0.242. The smallest absolute Gasteiger partial charge is 0.272 e. The van der Waals surface area contributed by atoms with E-state index in [2.05, 4.69) is 9.97 Å². The van der Waals surface area contributed by atoms with Crippen molar-refractivity contribution < 1.29 is 23.7 Å². The fraction of sp³-hybridized carbons (Fsp3) is 0.192. The van der Waals surface area contributed by atoms with Gasteiger partial charge in [0, 0.05) is 60.9 Å². The number of methoxy groups -OCH3 is 4. The van der Waals surface area contributed by atoms with Gasteiger partial charge in [-0.05, 0) is 35.4 Å². The molecule has 0 spiro atoms. The van der Waals surface area contributed by atoms with Crippen LogP contribution in [0.1, 0.15) is 27.3 Å². The third-order valence-corrected chi connectivity index (χ3v) is 6.55. The van der Waals surface area contributed by atoms with Crippen LogP contribution in [0.2, 0.25) is 0 Å². The van der Waals surface area contributed by atoms with Crippen LogP contribution in [0.15, 0.2) is 48.4 Å². The average molecular weight is 468 g/mol. The fourth-order valence-electron chi connectivity index (χ4n) is 4.92. The predicted octanol–water partition coefficient (Wildman–Crippen LogP) is 3.87. The summed E-state index contributed by atoms with van der Waals surface area (Å²) in [5.41, 5.74) is 5.26. The number of carbonyl (C=O) groups is 1. The average Bonchev–Trinajstić information content (AvgIpc) is 2.91. The van der Waals surface area contributed by atoms with Crippen LogP contribution in [0.4, 0.5) is 0 Å². The molecule has 2 aliphatic rings. The van der Waals surface area contributed by atoms with Gasteiger partial charge >= 0.3 is 0 Å². The summed E-state index contributed by atoms with van der Waals surface area (Å²) in [6.45, 7) is 0. The van der Waals surface area contributed by atoms with Crippen molar-refractivity contribution in [1.29, 1.82) is 0 Å². The van der Waals surface area contributed by atoms with Gasteiger partial charge in [0.15, 0.2) is 11.5 Å². The van der Waals surface area contributed by atoms with Crippen LogP contribution in [0.25, 0.3) is 45.1 Å². The highest BCUT2D eigenvalue weighted by Gasteiger charge is 2.45. The van der Waals surface area contributed by atoms with E-state index >= 15 is 0 Å². The first-order chi connectivity index (χ1) is 17.1. The zero-order valence-electron chi connectivity index (χ0n) is 19.4. The number of carbonyl (C=O) groups excluding carboxylic acids is 1. The fourth-order valence-corrected chi connectivity index (χ4v) is 4.92. The van der Waals surface area contributed by atoms with E-state index < -0.39 is 5.79 Å². The van der Waals surface area contributed by atoms with Crippen molar-refractivity contribution in [3.8, 4) is 11.1 Å². The molecule has 174 valence electrons. The lowest BCUT2D eigenvalue weighted by molar-refractivity contribution is -0.209. The Bertz CT molecular complexity index is 1620. The first-order valence-corrected chi connectivity index (χ1v) is 10.8. The molecule has 0 saturated carbocycles. The Morgan fingerprint density at radius 1 is 0.743 bits per heavy atom. The Balaban J connectivity index is 1.68. The van der Waals surface area contributed by atoms with Crippen LogP contribution in [0.5, 0.6) is 0 Å². The van der Waals surface area contributed by atoms with E-state index in [0.29, 0.717) is 39.1 Å². The normalized spacial score (nSPS) is 15.7. The number of ketones is 1. The molecule has 4 heterocycles. The third kappa shape index (κ3) is 2.73. The molecular formula is C26H20N4O5. The highest BCUT2D eigenvalue weighted by molar-refractivity contribution is 6.22. The van der Waals surface area contributed by atoms with Gasteiger partial charge in [0.05, 0.1) is 25.3 Å². The van der Waals surface area contributed by atoms with Crippen molar-refractivity contribution in [2.45, 2.75) is 5.79 Å². The van der Waals surface area contributed by atoms with Gasteiger partial charge in [-0.25, -0.2) is 0 Å². The number of Topliss-reactive ketones (excluding diaryl/α,β-unsaturated/α-hetero) is 1. The van der Waals surface area contributed by atoms with E-state index in [-0.39, 0.29) is 11.5 Å². The molecule has 2 aliphatic carbocycles. The molecule has 0 bridgehead atoms. The topological polar surface area (TPSA) is 106 Å². The highest BCUT2D eigenvalue weighted by Crippen LogP contribution is 2.45. The van der Waals surface area contributed by atoms with Gasteiger partial charge in [0.1, 0.15) is 11.4 Å². The second kappa shape index (κ2) is 7.66. The van der Waals surface area contributed by atoms with Gasteiger partial charge < -0.3 is 18.9 Å². The Morgan fingerprint density at radius 3 is 2.00 bits per heavy atom. The molecule has 9 heteroatoms. The van der Waals surface area contributed by atoms with Gasteiger partial charge in [-0.3, -0.25) is 24.7 Å². The summed E-state index contributed by atoms with van der Waals surface area (Å²) in [6, 6.07) is 3.72. The molecule has 0 N–H and O–H groups in total. The standard InChI is InChI=1S/C26H20N4O5/c1-32-17-9-13-5-7-27-21-15(11-29-23(19(13)21)24(17)31)16-12-30-25-20-14(6-8-28-22(16)20)10-18(33-2)26(25,34-3)35-4/h5-12H,1-4H3. The van der Waals surface area contributed by atoms with Crippen LogP contribution in [0, 0.1) is 0 Å². The third-order valence-electron chi connectivity index (χ3n) is 6.55. The Hall–Kier alpha value is -4.21. The Labute approximate surface area is 200 Å². The van der Waals surface area contributed by atoms with Crippen LogP contribution >= 0.6 is 0 Å². The van der Waals surface area contributed by atoms with Crippen molar-refractivity contribution in [3.63, 3.8) is 0 Å². The molecule has 0 radical (unpaired) electrons. The van der Waals surface area contributed by atoms with Gasteiger partial charge in [-0.1, -0.05) is 0 Å². The Morgan fingerprint density at radius 2 is 1.37 bits per heavy atom. The van der Waals surface area contributed by atoms with Crippen LogP contribution in [-0.2, 0) is 24.7 Å². The number of nitrogens with zero attached hydrogens (tertiary/aromatic N) is 4. The number of ether oxygens (including phenoxy) is 4. The number of rotatable bonds is 5. The van der Waals surface area contributed by atoms with Gasteiger partial charge in [0.25, 0.3) is 5.79 Å². The zero-order valence-corrected chi connectivity index (χ0v) is 19.4. The van der Waals surface area contributed by atoms with E-state index in [9.17, 15) is 4.79 Å². The first-order valence-electron chi connectivity index (χ1n) is 10.8. The van der Waals surface area contributed by atoms with Crippen molar-refractivity contribution in [2.24, 2.45) is 0 Å². The molecule has 0 amide bonds. The predicted molar refractivity (Wildman–Crippen MR) is 128 cm³/mol. The van der Waals surface area contributed by atoms with Gasteiger partial charge in [-0.2, -0.15) is 0 Å². The minimum atomic E-state index is -1.31. The molecule has 4 aromatic rings. The second-order valence-corrected chi connectivity index (χ2v) is 8.07. The molecule has 35 heavy (non-hydrogen) atoms. The molecule has 4 aromatic heterocycles. The van der Waals surface area contributed by atoms with Crippen molar-refractivity contribution in [1.82, 2.24) is 19.9 Å². The maximum absolute atomic E-state index is 12.9. The molecule has 0 saturated heterocycles. The molecule has 9 nitrogen and oxygen atoms in total. The maximum Gasteiger partial charge on any atom is 0.272 e. The van der Waals surface area contributed by atoms with E-state index in [0.717, 1.165) is 22.1 Å². The van der Waals surface area contributed by atoms with Gasteiger partial charge in [0.2, 0.25) is 5.78 Å². The number of allylic oxidation sites excluding steroid dienone is 1. The summed E-state index contributed by atoms with van der Waals surface area (Å²) in [5.74, 6) is -0.871. The summed E-state index contributed by atoms with van der Waals surface area (Å²) in [7, 11) is 6.11. The SMILES string of the molecule is COC1=Cc2ccnc3c(-c4cnc5c6c(ccnc46)C=C(OC)C5(OC)OC)cnc(c23)C1=O. The van der Waals surface area contributed by atoms with Crippen molar-refractivity contribution in [2.75, 3.05) is 28.4 Å². The van der Waals surface area contributed by atoms with Gasteiger partial charge in [-0.15, -0.1) is 0 Å². The summed E-state index contributed by atoms with van der Waals surface area (Å²) in [5, 5.41) is 1.44. The summed E-state index contributed by atoms with van der Waals surface area (Å²) < 4.78 is 22.5. The van der Waals surface area contributed by atoms with Crippen LogP contribution in [-0.4, -0.2) is 54.2 Å². The van der Waals surface area contributed by atoms with Crippen molar-refractivity contribution >= 4 is 39.7 Å². The zero-order chi connectivity index (χ0) is 24.3.